The molecule has 1 rings (SSSR count). The van der Waals surface area contributed by atoms with Gasteiger partial charge in [-0.25, -0.2) is 8.60 Å². The second kappa shape index (κ2) is 5.40. The second-order valence-corrected chi connectivity index (χ2v) is 6.80. The summed E-state index contributed by atoms with van der Waals surface area (Å²) in [4.78, 5) is 0. The zero-order valence-electron chi connectivity index (χ0n) is 10.6. The number of halogens is 4. The zero-order chi connectivity index (χ0) is 14.8. The van der Waals surface area contributed by atoms with E-state index in [2.05, 4.69) is 4.40 Å². The molecule has 0 spiro atoms. The molecular weight excluding hydrogens is 282 g/mol. The van der Waals surface area contributed by atoms with Gasteiger partial charge in [-0.2, -0.15) is 17.6 Å². The lowest BCUT2D eigenvalue weighted by Gasteiger charge is -2.12. The van der Waals surface area contributed by atoms with Crippen molar-refractivity contribution < 1.29 is 21.8 Å². The highest BCUT2D eigenvalue weighted by Gasteiger charge is 2.31. The molecule has 1 aromatic carbocycles. The lowest BCUT2D eigenvalue weighted by atomic mass is 10.1. The molecule has 0 fully saturated rings. The molecule has 0 aliphatic rings. The van der Waals surface area contributed by atoms with E-state index in [4.69, 9.17) is 0 Å². The molecule has 0 saturated carbocycles. The van der Waals surface area contributed by atoms with Crippen LogP contribution in [0.25, 0.3) is 0 Å². The standard InChI is InChI=1S/C12H13F4NOS/c1-11(2,3)19(18)17-7-8-4-9(12(14,15)16)6-10(13)5-8/h4-7H,1-3H3/b17-7+/t19-/m1/s1. The quantitative estimate of drug-likeness (QED) is 0.604. The Kier molecular flexibility index (Phi) is 4.50. The molecule has 0 amide bonds. The van der Waals surface area contributed by atoms with Gasteiger partial charge in [0.2, 0.25) is 0 Å². The van der Waals surface area contributed by atoms with Crippen LogP contribution in [0.2, 0.25) is 0 Å². The van der Waals surface area contributed by atoms with Crippen LogP contribution in [0.5, 0.6) is 0 Å². The van der Waals surface area contributed by atoms with Crippen molar-refractivity contribution in [2.24, 2.45) is 4.40 Å². The number of rotatable bonds is 2. The van der Waals surface area contributed by atoms with Gasteiger partial charge in [-0.1, -0.05) is 0 Å². The predicted molar refractivity (Wildman–Crippen MR) is 66.9 cm³/mol. The highest BCUT2D eigenvalue weighted by molar-refractivity contribution is 7.85. The number of alkyl halides is 3. The summed E-state index contributed by atoms with van der Waals surface area (Å²) in [6, 6.07) is 2.06. The fourth-order valence-corrected chi connectivity index (χ4v) is 1.65. The summed E-state index contributed by atoms with van der Waals surface area (Å²) in [5.74, 6) is -1.02. The number of hydrogen-bond acceptors (Lipinski definition) is 1. The van der Waals surface area contributed by atoms with Gasteiger partial charge in [0.05, 0.1) is 10.3 Å². The Bertz CT molecular complexity index is 517. The van der Waals surface area contributed by atoms with Crippen LogP contribution in [-0.4, -0.2) is 15.2 Å². The van der Waals surface area contributed by atoms with Gasteiger partial charge in [-0.3, -0.25) is 0 Å². The van der Waals surface area contributed by atoms with Crippen LogP contribution in [0.4, 0.5) is 17.6 Å². The van der Waals surface area contributed by atoms with Crippen LogP contribution in [0.1, 0.15) is 31.9 Å². The second-order valence-electron chi connectivity index (χ2n) is 4.87. The minimum Gasteiger partial charge on any atom is -0.234 e. The Hall–Kier alpha value is -1.24. The van der Waals surface area contributed by atoms with Crippen molar-refractivity contribution >= 4 is 17.2 Å². The third-order valence-corrected chi connectivity index (χ3v) is 3.41. The molecule has 7 heteroatoms. The van der Waals surface area contributed by atoms with Crippen LogP contribution in [0, 0.1) is 5.82 Å². The Morgan fingerprint density at radius 1 is 1.16 bits per heavy atom. The summed E-state index contributed by atoms with van der Waals surface area (Å²) >= 11 is 0. The maximum Gasteiger partial charge on any atom is 0.416 e. The molecule has 0 N–H and O–H groups in total. The average Bonchev–Trinajstić information content (AvgIpc) is 2.22. The average molecular weight is 295 g/mol. The molecule has 1 atom stereocenters. The molecule has 0 bridgehead atoms. The van der Waals surface area contributed by atoms with Crippen LogP contribution in [0.15, 0.2) is 22.6 Å². The van der Waals surface area contributed by atoms with E-state index < -0.39 is 33.3 Å². The van der Waals surface area contributed by atoms with Gasteiger partial charge in [0.1, 0.15) is 16.8 Å². The molecule has 0 saturated heterocycles. The molecule has 0 aliphatic heterocycles. The summed E-state index contributed by atoms with van der Waals surface area (Å²) in [7, 11) is -1.61. The van der Waals surface area contributed by atoms with E-state index in [0.29, 0.717) is 6.07 Å². The Morgan fingerprint density at radius 3 is 2.21 bits per heavy atom. The molecule has 0 aliphatic carbocycles. The molecule has 19 heavy (non-hydrogen) atoms. The fraction of sp³-hybridized carbons (Fsp3) is 0.417. The summed E-state index contributed by atoms with van der Waals surface area (Å²) < 4.78 is 65.1. The minimum atomic E-state index is -4.63. The van der Waals surface area contributed by atoms with Crippen LogP contribution >= 0.6 is 0 Å². The molecule has 0 unspecified atom stereocenters. The van der Waals surface area contributed by atoms with Gasteiger partial charge in [0.25, 0.3) is 0 Å². The number of hydrogen-bond donors (Lipinski definition) is 0. The van der Waals surface area contributed by atoms with E-state index >= 15 is 0 Å². The third kappa shape index (κ3) is 4.74. The van der Waals surface area contributed by atoms with E-state index in [9.17, 15) is 21.8 Å². The largest absolute Gasteiger partial charge is 0.416 e. The minimum absolute atomic E-state index is 0.0788. The van der Waals surface area contributed by atoms with Gasteiger partial charge in [-0.05, 0) is 44.5 Å². The van der Waals surface area contributed by atoms with Gasteiger partial charge in [-0.15, -0.1) is 0 Å². The zero-order valence-corrected chi connectivity index (χ0v) is 11.4. The molecule has 0 heterocycles. The molecule has 106 valence electrons. The maximum atomic E-state index is 13.1. The van der Waals surface area contributed by atoms with Crippen LogP contribution < -0.4 is 0 Å². The Balaban J connectivity index is 3.07. The SMILES string of the molecule is CC(C)(C)[S@@](=O)/N=C/c1cc(F)cc(C(F)(F)F)c1. The molecule has 0 radical (unpaired) electrons. The van der Waals surface area contributed by atoms with Crippen molar-refractivity contribution in [2.45, 2.75) is 31.7 Å². The Labute approximate surface area is 111 Å². The lowest BCUT2D eigenvalue weighted by molar-refractivity contribution is -0.137. The van der Waals surface area contributed by atoms with Gasteiger partial charge >= 0.3 is 6.18 Å². The first-order valence-electron chi connectivity index (χ1n) is 5.34. The number of nitrogens with zero attached hydrogens (tertiary/aromatic N) is 1. The van der Waals surface area contributed by atoms with Crippen molar-refractivity contribution in [3.05, 3.63) is 35.1 Å². The topological polar surface area (TPSA) is 29.4 Å². The van der Waals surface area contributed by atoms with E-state index in [1.807, 2.05) is 0 Å². The normalized spacial score (nSPS) is 14.9. The summed E-state index contributed by atoms with van der Waals surface area (Å²) in [5, 5.41) is 0. The van der Waals surface area contributed by atoms with Crippen LogP contribution in [-0.2, 0) is 17.2 Å². The van der Waals surface area contributed by atoms with E-state index in [1.54, 1.807) is 20.8 Å². The van der Waals surface area contributed by atoms with Crippen molar-refractivity contribution in [3.63, 3.8) is 0 Å². The molecule has 1 aromatic rings. The smallest absolute Gasteiger partial charge is 0.234 e. The van der Waals surface area contributed by atoms with Crippen LogP contribution in [0.3, 0.4) is 0 Å². The molecule has 2 nitrogen and oxygen atoms in total. The first kappa shape index (κ1) is 15.8. The molecule has 0 aromatic heterocycles. The van der Waals surface area contributed by atoms with E-state index in [0.717, 1.165) is 18.3 Å². The fourth-order valence-electron chi connectivity index (χ4n) is 1.12. The summed E-state index contributed by atoms with van der Waals surface area (Å²) in [6.07, 6.45) is -3.65. The van der Waals surface area contributed by atoms with Crippen molar-refractivity contribution in [1.29, 1.82) is 0 Å². The highest BCUT2D eigenvalue weighted by atomic mass is 32.2. The first-order valence-corrected chi connectivity index (χ1v) is 6.44. The van der Waals surface area contributed by atoms with Gasteiger partial charge in [0.15, 0.2) is 0 Å². The third-order valence-electron chi connectivity index (χ3n) is 2.07. The number of benzene rings is 1. The Morgan fingerprint density at radius 2 is 1.74 bits per heavy atom. The van der Waals surface area contributed by atoms with Crippen molar-refractivity contribution in [2.75, 3.05) is 0 Å². The summed E-state index contributed by atoms with van der Waals surface area (Å²) in [5.41, 5.74) is -1.18. The van der Waals surface area contributed by atoms with Crippen molar-refractivity contribution in [1.82, 2.24) is 0 Å². The first-order chi connectivity index (χ1) is 8.50. The van der Waals surface area contributed by atoms with Gasteiger partial charge < -0.3 is 0 Å². The highest BCUT2D eigenvalue weighted by Crippen LogP contribution is 2.30. The van der Waals surface area contributed by atoms with E-state index in [1.165, 1.54) is 0 Å². The van der Waals surface area contributed by atoms with Crippen molar-refractivity contribution in [3.8, 4) is 0 Å². The predicted octanol–water partition coefficient (Wildman–Crippen LogP) is 3.73. The molecular formula is C12H13F4NOS. The summed E-state index contributed by atoms with van der Waals surface area (Å²) in [6.45, 7) is 5.02. The lowest BCUT2D eigenvalue weighted by Crippen LogP contribution is -2.19. The van der Waals surface area contributed by atoms with Gasteiger partial charge in [0, 0.05) is 6.21 Å². The van der Waals surface area contributed by atoms with E-state index in [-0.39, 0.29) is 5.56 Å². The monoisotopic (exact) mass is 295 g/mol. The maximum absolute atomic E-state index is 13.1.